The summed E-state index contributed by atoms with van der Waals surface area (Å²) in [6, 6.07) is -1.16. The smallest absolute Gasteiger partial charge is 0.255 e. The van der Waals surface area contributed by atoms with Gasteiger partial charge in [0.2, 0.25) is 11.8 Å². The Kier molecular flexibility index (Phi) is 5.04. The molecule has 0 aromatic heterocycles. The zero-order chi connectivity index (χ0) is 13.9. The van der Waals surface area contributed by atoms with Crippen molar-refractivity contribution in [3.05, 3.63) is 0 Å². The fourth-order valence-corrected chi connectivity index (χ4v) is 2.16. The van der Waals surface area contributed by atoms with Crippen LogP contribution in [0, 0.1) is 5.92 Å². The first kappa shape index (κ1) is 14.9. The summed E-state index contributed by atoms with van der Waals surface area (Å²) in [5, 5.41) is 2.62. The molecule has 1 aliphatic heterocycles. The number of carbonyl (C=O) groups excluding carboxylic acids is 2. The van der Waals surface area contributed by atoms with Crippen LogP contribution in [-0.2, 0) is 9.59 Å². The summed E-state index contributed by atoms with van der Waals surface area (Å²) in [5.41, 5.74) is 0. The largest absolute Gasteiger partial charge is 0.344 e. The van der Waals surface area contributed by atoms with Gasteiger partial charge in [-0.05, 0) is 19.3 Å². The molecule has 0 radical (unpaired) electrons. The molecule has 0 saturated carbocycles. The van der Waals surface area contributed by atoms with Crippen molar-refractivity contribution in [2.45, 2.75) is 52.1 Å². The van der Waals surface area contributed by atoms with E-state index < -0.39 is 31.0 Å². The standard InChI is InChI=1S/C12H20F2N2O2/c1-7(2)4-9-12(18)16(6-10(13)14)8(3)5-11(17)15-9/h7-10H,4-6H2,1-3H3,(H,15,17). The minimum atomic E-state index is -2.58. The van der Waals surface area contributed by atoms with Gasteiger partial charge in [0.1, 0.15) is 6.04 Å². The van der Waals surface area contributed by atoms with Gasteiger partial charge in [-0.15, -0.1) is 0 Å². The molecule has 1 N–H and O–H groups in total. The number of rotatable bonds is 4. The third-order valence-corrected chi connectivity index (χ3v) is 2.97. The molecule has 0 spiro atoms. The molecule has 1 saturated heterocycles. The van der Waals surface area contributed by atoms with Gasteiger partial charge in [0.05, 0.1) is 6.54 Å². The predicted octanol–water partition coefficient (Wildman–Crippen LogP) is 1.40. The predicted molar refractivity (Wildman–Crippen MR) is 63.2 cm³/mol. The van der Waals surface area contributed by atoms with Gasteiger partial charge in [0.25, 0.3) is 6.43 Å². The second-order valence-corrected chi connectivity index (χ2v) is 5.18. The molecule has 0 aromatic rings. The molecule has 104 valence electrons. The lowest BCUT2D eigenvalue weighted by molar-refractivity contribution is -0.137. The van der Waals surface area contributed by atoms with Crippen molar-refractivity contribution in [3.8, 4) is 0 Å². The van der Waals surface area contributed by atoms with E-state index in [0.717, 1.165) is 4.90 Å². The molecule has 0 aliphatic carbocycles. The molecular weight excluding hydrogens is 242 g/mol. The molecule has 4 nitrogen and oxygen atoms in total. The van der Waals surface area contributed by atoms with Gasteiger partial charge in [0.15, 0.2) is 0 Å². The number of nitrogens with zero attached hydrogens (tertiary/aromatic N) is 1. The van der Waals surface area contributed by atoms with Gasteiger partial charge < -0.3 is 10.2 Å². The highest BCUT2D eigenvalue weighted by molar-refractivity contribution is 5.90. The van der Waals surface area contributed by atoms with Crippen LogP contribution in [0.3, 0.4) is 0 Å². The van der Waals surface area contributed by atoms with Crippen LogP contribution in [0.4, 0.5) is 8.78 Å². The number of halogens is 2. The first-order valence-corrected chi connectivity index (χ1v) is 6.19. The lowest BCUT2D eigenvalue weighted by atomic mass is 10.0. The summed E-state index contributed by atoms with van der Waals surface area (Å²) in [6.45, 7) is 4.86. The Morgan fingerprint density at radius 1 is 1.39 bits per heavy atom. The van der Waals surface area contributed by atoms with E-state index in [0.29, 0.717) is 6.42 Å². The van der Waals surface area contributed by atoms with Crippen LogP contribution < -0.4 is 5.32 Å². The number of hydrogen-bond donors (Lipinski definition) is 1. The summed E-state index contributed by atoms with van der Waals surface area (Å²) < 4.78 is 25.0. The molecule has 1 aliphatic rings. The maximum atomic E-state index is 12.5. The van der Waals surface area contributed by atoms with Gasteiger partial charge in [-0.3, -0.25) is 9.59 Å². The Hall–Kier alpha value is -1.20. The normalized spacial score (nSPS) is 25.6. The van der Waals surface area contributed by atoms with E-state index >= 15 is 0 Å². The molecule has 1 heterocycles. The number of nitrogens with one attached hydrogen (secondary N) is 1. The monoisotopic (exact) mass is 262 g/mol. The topological polar surface area (TPSA) is 49.4 Å². The second kappa shape index (κ2) is 6.11. The third kappa shape index (κ3) is 3.92. The van der Waals surface area contributed by atoms with Crippen molar-refractivity contribution in [2.75, 3.05) is 6.54 Å². The van der Waals surface area contributed by atoms with Crippen molar-refractivity contribution in [3.63, 3.8) is 0 Å². The van der Waals surface area contributed by atoms with Gasteiger partial charge in [-0.1, -0.05) is 13.8 Å². The highest BCUT2D eigenvalue weighted by atomic mass is 19.3. The zero-order valence-corrected chi connectivity index (χ0v) is 11.0. The third-order valence-electron chi connectivity index (χ3n) is 2.97. The quantitative estimate of drug-likeness (QED) is 0.832. The first-order valence-electron chi connectivity index (χ1n) is 6.19. The van der Waals surface area contributed by atoms with Crippen molar-refractivity contribution in [2.24, 2.45) is 5.92 Å². The molecule has 6 heteroatoms. The van der Waals surface area contributed by atoms with E-state index in [-0.39, 0.29) is 18.2 Å². The highest BCUT2D eigenvalue weighted by Gasteiger charge is 2.35. The second-order valence-electron chi connectivity index (χ2n) is 5.18. The van der Waals surface area contributed by atoms with Crippen LogP contribution in [0.1, 0.15) is 33.6 Å². The lowest BCUT2D eigenvalue weighted by Gasteiger charge is -2.28. The Bertz CT molecular complexity index is 321. The molecule has 2 amide bonds. The molecule has 0 aromatic carbocycles. The summed E-state index contributed by atoms with van der Waals surface area (Å²) in [4.78, 5) is 24.9. The Morgan fingerprint density at radius 3 is 2.50 bits per heavy atom. The summed E-state index contributed by atoms with van der Waals surface area (Å²) in [7, 11) is 0. The number of amides is 2. The van der Waals surface area contributed by atoms with Crippen LogP contribution >= 0.6 is 0 Å². The first-order chi connectivity index (χ1) is 8.31. The lowest BCUT2D eigenvalue weighted by Crippen LogP contribution is -2.48. The average molecular weight is 262 g/mol. The van der Waals surface area contributed by atoms with Crippen LogP contribution in [0.25, 0.3) is 0 Å². The maximum absolute atomic E-state index is 12.5. The molecule has 0 bridgehead atoms. The van der Waals surface area contributed by atoms with Gasteiger partial charge in [-0.25, -0.2) is 8.78 Å². The summed E-state index contributed by atoms with van der Waals surface area (Å²) >= 11 is 0. The molecule has 18 heavy (non-hydrogen) atoms. The summed E-state index contributed by atoms with van der Waals surface area (Å²) in [5.74, 6) is -0.443. The van der Waals surface area contributed by atoms with E-state index in [1.54, 1.807) is 6.92 Å². The average Bonchev–Trinajstić information content (AvgIpc) is 2.29. The van der Waals surface area contributed by atoms with Crippen molar-refractivity contribution < 1.29 is 18.4 Å². The van der Waals surface area contributed by atoms with Gasteiger partial charge >= 0.3 is 0 Å². The Labute approximate surface area is 106 Å². The van der Waals surface area contributed by atoms with E-state index in [9.17, 15) is 18.4 Å². The maximum Gasteiger partial charge on any atom is 0.255 e. The Morgan fingerprint density at radius 2 is 2.00 bits per heavy atom. The van der Waals surface area contributed by atoms with E-state index in [4.69, 9.17) is 0 Å². The van der Waals surface area contributed by atoms with Crippen LogP contribution in [0.2, 0.25) is 0 Å². The van der Waals surface area contributed by atoms with Crippen molar-refractivity contribution in [1.29, 1.82) is 0 Å². The molecule has 2 unspecified atom stereocenters. The minimum absolute atomic E-state index is 0.0764. The van der Waals surface area contributed by atoms with Crippen LogP contribution in [-0.4, -0.2) is 41.8 Å². The van der Waals surface area contributed by atoms with E-state index in [1.165, 1.54) is 0 Å². The number of carbonyl (C=O) groups is 2. The number of alkyl halides is 2. The van der Waals surface area contributed by atoms with Gasteiger partial charge in [-0.2, -0.15) is 0 Å². The number of hydrogen-bond acceptors (Lipinski definition) is 2. The SMILES string of the molecule is CC(C)CC1NC(=O)CC(C)N(CC(F)F)C1=O. The fourth-order valence-electron chi connectivity index (χ4n) is 2.16. The molecule has 1 rings (SSSR count). The summed E-state index contributed by atoms with van der Waals surface area (Å²) in [6.07, 6.45) is -2.03. The van der Waals surface area contributed by atoms with Gasteiger partial charge in [0, 0.05) is 12.5 Å². The fraction of sp³-hybridized carbons (Fsp3) is 0.833. The highest BCUT2D eigenvalue weighted by Crippen LogP contribution is 2.17. The van der Waals surface area contributed by atoms with Crippen LogP contribution in [0.15, 0.2) is 0 Å². The molecule has 1 fully saturated rings. The minimum Gasteiger partial charge on any atom is -0.344 e. The molecular formula is C12H20F2N2O2. The van der Waals surface area contributed by atoms with E-state index in [2.05, 4.69) is 5.32 Å². The zero-order valence-electron chi connectivity index (χ0n) is 11.0. The van der Waals surface area contributed by atoms with Crippen LogP contribution in [0.5, 0.6) is 0 Å². The van der Waals surface area contributed by atoms with Crippen molar-refractivity contribution in [1.82, 2.24) is 10.2 Å². The van der Waals surface area contributed by atoms with Crippen molar-refractivity contribution >= 4 is 11.8 Å². The van der Waals surface area contributed by atoms with E-state index in [1.807, 2.05) is 13.8 Å². The molecule has 2 atom stereocenters. The Balaban J connectivity index is 2.87.